The van der Waals surface area contributed by atoms with Crippen LogP contribution in [0.15, 0.2) is 0 Å². The third kappa shape index (κ3) is 2.72. The van der Waals surface area contributed by atoms with Crippen LogP contribution in [0.5, 0.6) is 0 Å². The van der Waals surface area contributed by atoms with Crippen molar-refractivity contribution in [1.29, 1.82) is 0 Å². The maximum Gasteiger partial charge on any atom is 0.246 e. The maximum absolute atomic E-state index is 12.1. The van der Waals surface area contributed by atoms with Crippen molar-refractivity contribution in [1.82, 2.24) is 10.2 Å². The van der Waals surface area contributed by atoms with Crippen molar-refractivity contribution in [3.8, 4) is 0 Å². The monoisotopic (exact) mass is 254 g/mol. The van der Waals surface area contributed by atoms with Crippen molar-refractivity contribution < 1.29 is 14.3 Å². The first kappa shape index (κ1) is 13.5. The van der Waals surface area contributed by atoms with Gasteiger partial charge in [0, 0.05) is 19.2 Å². The van der Waals surface area contributed by atoms with Crippen LogP contribution in [0, 0.1) is 0 Å². The van der Waals surface area contributed by atoms with Crippen LogP contribution in [0.4, 0.5) is 0 Å². The zero-order valence-electron chi connectivity index (χ0n) is 11.1. The molecule has 0 aliphatic carbocycles. The highest BCUT2D eigenvalue weighted by Gasteiger charge is 2.39. The maximum atomic E-state index is 12.1. The predicted molar refractivity (Wildman–Crippen MR) is 67.0 cm³/mol. The zero-order valence-corrected chi connectivity index (χ0v) is 11.1. The van der Waals surface area contributed by atoms with Gasteiger partial charge in [0.05, 0.1) is 18.6 Å². The number of carbonyl (C=O) groups excluding carboxylic acids is 2. The standard InChI is InChI=1S/C13H22N2O3/c1-3-6-15-12(16)8-10(13(15)17)14-9(2)11-5-4-7-18-11/h9-11,14H,3-8H2,1-2H3. The van der Waals surface area contributed by atoms with Crippen LogP contribution in [0.1, 0.15) is 39.5 Å². The Balaban J connectivity index is 1.90. The minimum atomic E-state index is -0.358. The minimum Gasteiger partial charge on any atom is -0.377 e. The van der Waals surface area contributed by atoms with Gasteiger partial charge in [0.25, 0.3) is 0 Å². The number of amides is 2. The molecule has 3 atom stereocenters. The van der Waals surface area contributed by atoms with Gasteiger partial charge in [-0.2, -0.15) is 0 Å². The number of imide groups is 1. The number of hydrogen-bond acceptors (Lipinski definition) is 4. The summed E-state index contributed by atoms with van der Waals surface area (Å²) in [6.45, 7) is 5.33. The minimum absolute atomic E-state index is 0.0566. The Morgan fingerprint density at radius 1 is 1.50 bits per heavy atom. The molecule has 0 radical (unpaired) electrons. The molecule has 2 aliphatic rings. The summed E-state index contributed by atoms with van der Waals surface area (Å²) in [4.78, 5) is 25.2. The molecule has 2 fully saturated rings. The van der Waals surface area contributed by atoms with Crippen molar-refractivity contribution >= 4 is 11.8 Å². The number of likely N-dealkylation sites (tertiary alicyclic amines) is 1. The van der Waals surface area contributed by atoms with Gasteiger partial charge in [-0.25, -0.2) is 0 Å². The van der Waals surface area contributed by atoms with Crippen LogP contribution < -0.4 is 5.32 Å². The number of rotatable bonds is 5. The molecular formula is C13H22N2O3. The molecule has 1 N–H and O–H groups in total. The van der Waals surface area contributed by atoms with Crippen molar-refractivity contribution in [3.05, 3.63) is 0 Å². The smallest absolute Gasteiger partial charge is 0.246 e. The second-order valence-corrected chi connectivity index (χ2v) is 5.15. The fourth-order valence-electron chi connectivity index (χ4n) is 2.69. The highest BCUT2D eigenvalue weighted by atomic mass is 16.5. The lowest BCUT2D eigenvalue weighted by Crippen LogP contribution is -2.47. The van der Waals surface area contributed by atoms with Crippen LogP contribution in [-0.4, -0.2) is 48.1 Å². The largest absolute Gasteiger partial charge is 0.377 e. The lowest BCUT2D eigenvalue weighted by molar-refractivity contribution is -0.138. The van der Waals surface area contributed by atoms with Crippen molar-refractivity contribution in [3.63, 3.8) is 0 Å². The van der Waals surface area contributed by atoms with E-state index in [-0.39, 0.29) is 36.4 Å². The van der Waals surface area contributed by atoms with E-state index in [0.29, 0.717) is 6.54 Å². The summed E-state index contributed by atoms with van der Waals surface area (Å²) in [5.41, 5.74) is 0. The van der Waals surface area contributed by atoms with E-state index < -0.39 is 0 Å². The molecule has 5 heteroatoms. The number of ether oxygens (including phenoxy) is 1. The summed E-state index contributed by atoms with van der Waals surface area (Å²) in [7, 11) is 0. The summed E-state index contributed by atoms with van der Waals surface area (Å²) in [6.07, 6.45) is 3.38. The van der Waals surface area contributed by atoms with Crippen LogP contribution >= 0.6 is 0 Å². The Bertz CT molecular complexity index is 326. The molecular weight excluding hydrogens is 232 g/mol. The lowest BCUT2D eigenvalue weighted by Gasteiger charge is -2.23. The summed E-state index contributed by atoms with van der Waals surface area (Å²) in [5, 5.41) is 3.25. The molecule has 5 nitrogen and oxygen atoms in total. The summed E-state index contributed by atoms with van der Waals surface area (Å²) >= 11 is 0. The van der Waals surface area contributed by atoms with Crippen molar-refractivity contribution in [2.45, 2.75) is 57.7 Å². The van der Waals surface area contributed by atoms with Crippen molar-refractivity contribution in [2.24, 2.45) is 0 Å². The summed E-state index contributed by atoms with van der Waals surface area (Å²) < 4.78 is 5.59. The highest BCUT2D eigenvalue weighted by Crippen LogP contribution is 2.19. The van der Waals surface area contributed by atoms with Gasteiger partial charge >= 0.3 is 0 Å². The van der Waals surface area contributed by atoms with E-state index in [1.165, 1.54) is 4.90 Å². The average Bonchev–Trinajstić information content (AvgIpc) is 2.94. The Kier molecular flexibility index (Phi) is 4.35. The van der Waals surface area contributed by atoms with Gasteiger partial charge in [-0.05, 0) is 26.2 Å². The zero-order chi connectivity index (χ0) is 13.1. The summed E-state index contributed by atoms with van der Waals surface area (Å²) in [5.74, 6) is -0.134. The number of carbonyl (C=O) groups is 2. The molecule has 0 aromatic rings. The molecule has 0 bridgehead atoms. The SMILES string of the molecule is CCCN1C(=O)CC(NC(C)C2CCCO2)C1=O. The summed E-state index contributed by atoms with van der Waals surface area (Å²) in [6, 6.07) is -0.237. The first-order chi connectivity index (χ1) is 8.63. The first-order valence-corrected chi connectivity index (χ1v) is 6.85. The van der Waals surface area contributed by atoms with Crippen LogP contribution in [0.2, 0.25) is 0 Å². The van der Waals surface area contributed by atoms with E-state index in [1.807, 2.05) is 13.8 Å². The second-order valence-electron chi connectivity index (χ2n) is 5.15. The highest BCUT2D eigenvalue weighted by molar-refractivity contribution is 6.05. The normalized spacial score (nSPS) is 30.2. The van der Waals surface area contributed by atoms with Crippen molar-refractivity contribution in [2.75, 3.05) is 13.2 Å². The third-order valence-corrected chi connectivity index (χ3v) is 3.68. The van der Waals surface area contributed by atoms with Gasteiger partial charge in [0.1, 0.15) is 0 Å². The fourth-order valence-corrected chi connectivity index (χ4v) is 2.69. The Labute approximate surface area is 108 Å². The van der Waals surface area contributed by atoms with Gasteiger partial charge in [-0.15, -0.1) is 0 Å². The van der Waals surface area contributed by atoms with Gasteiger partial charge in [-0.3, -0.25) is 14.5 Å². The molecule has 2 aliphatic heterocycles. The Morgan fingerprint density at radius 3 is 2.89 bits per heavy atom. The van der Waals surface area contributed by atoms with Crippen LogP contribution in [0.25, 0.3) is 0 Å². The van der Waals surface area contributed by atoms with Gasteiger partial charge in [0.2, 0.25) is 11.8 Å². The van der Waals surface area contributed by atoms with Crippen LogP contribution in [0.3, 0.4) is 0 Å². The molecule has 0 spiro atoms. The number of nitrogens with zero attached hydrogens (tertiary/aromatic N) is 1. The van der Waals surface area contributed by atoms with Gasteiger partial charge < -0.3 is 10.1 Å². The van der Waals surface area contributed by atoms with E-state index >= 15 is 0 Å². The average molecular weight is 254 g/mol. The Morgan fingerprint density at radius 2 is 2.28 bits per heavy atom. The predicted octanol–water partition coefficient (Wildman–Crippen LogP) is 0.681. The van der Waals surface area contributed by atoms with Gasteiger partial charge in [-0.1, -0.05) is 6.92 Å². The topological polar surface area (TPSA) is 58.6 Å². The molecule has 2 amide bonds. The van der Waals surface area contributed by atoms with E-state index in [1.54, 1.807) is 0 Å². The van der Waals surface area contributed by atoms with E-state index in [4.69, 9.17) is 4.74 Å². The molecule has 0 aromatic heterocycles. The molecule has 18 heavy (non-hydrogen) atoms. The molecule has 102 valence electrons. The van der Waals surface area contributed by atoms with E-state index in [9.17, 15) is 9.59 Å². The molecule has 0 saturated carbocycles. The van der Waals surface area contributed by atoms with E-state index in [2.05, 4.69) is 5.32 Å². The molecule has 3 unspecified atom stereocenters. The first-order valence-electron chi connectivity index (χ1n) is 6.85. The molecule has 2 rings (SSSR count). The lowest BCUT2D eigenvalue weighted by atomic mass is 10.1. The van der Waals surface area contributed by atoms with Gasteiger partial charge in [0.15, 0.2) is 0 Å². The Hall–Kier alpha value is -0.940. The fraction of sp³-hybridized carbons (Fsp3) is 0.846. The molecule has 0 aromatic carbocycles. The third-order valence-electron chi connectivity index (χ3n) is 3.68. The molecule has 2 saturated heterocycles. The second kappa shape index (κ2) is 5.80. The van der Waals surface area contributed by atoms with E-state index in [0.717, 1.165) is 25.9 Å². The quantitative estimate of drug-likeness (QED) is 0.733. The van der Waals surface area contributed by atoms with Crippen LogP contribution in [-0.2, 0) is 14.3 Å². The number of nitrogens with one attached hydrogen (secondary N) is 1. The number of hydrogen-bond donors (Lipinski definition) is 1. The molecule has 2 heterocycles.